The lowest BCUT2D eigenvalue weighted by Gasteiger charge is -2.22. The monoisotopic (exact) mass is 333 g/mol. The van der Waals surface area contributed by atoms with Crippen LogP contribution in [0.15, 0.2) is 46.9 Å². The van der Waals surface area contributed by atoms with Crippen molar-refractivity contribution in [3.05, 3.63) is 52.5 Å². The third kappa shape index (κ3) is 3.02. The van der Waals surface area contributed by atoms with Gasteiger partial charge in [0.15, 0.2) is 5.78 Å². The third-order valence-corrected chi connectivity index (χ3v) is 3.65. The molecule has 2 rings (SSSR count). The van der Waals surface area contributed by atoms with E-state index in [2.05, 4.69) is 15.9 Å². The first kappa shape index (κ1) is 14.6. The molecule has 0 N–H and O–H groups in total. The van der Waals surface area contributed by atoms with Crippen molar-refractivity contribution in [2.45, 2.75) is 6.92 Å². The second-order valence-corrected chi connectivity index (χ2v) is 5.39. The SMILES string of the molecule is COc1ccc(N(C)c2cc(Br)ccc2C(C)=O)cc1. The van der Waals surface area contributed by atoms with Crippen molar-refractivity contribution in [3.63, 3.8) is 0 Å². The second kappa shape index (κ2) is 6.09. The number of carbonyl (C=O) groups is 1. The van der Waals surface area contributed by atoms with Gasteiger partial charge in [0.2, 0.25) is 0 Å². The Hall–Kier alpha value is -1.81. The number of carbonyl (C=O) groups excluding carboxylic acids is 1. The van der Waals surface area contributed by atoms with E-state index in [9.17, 15) is 4.79 Å². The number of Topliss-reactive ketones (excluding diaryl/α,β-unsaturated/α-hetero) is 1. The van der Waals surface area contributed by atoms with Gasteiger partial charge in [0.25, 0.3) is 0 Å². The minimum absolute atomic E-state index is 0.0489. The van der Waals surface area contributed by atoms with E-state index >= 15 is 0 Å². The molecule has 4 heteroatoms. The molecule has 104 valence electrons. The van der Waals surface area contributed by atoms with Gasteiger partial charge in [0, 0.05) is 22.8 Å². The molecule has 0 aliphatic heterocycles. The van der Waals surface area contributed by atoms with Gasteiger partial charge in [-0.25, -0.2) is 0 Å². The Morgan fingerprint density at radius 2 is 1.80 bits per heavy atom. The molecule has 2 aromatic rings. The quantitative estimate of drug-likeness (QED) is 0.775. The minimum Gasteiger partial charge on any atom is -0.497 e. The fourth-order valence-electron chi connectivity index (χ4n) is 2.02. The standard InChI is InChI=1S/C16H16BrNO2/c1-11(19)15-9-4-12(17)10-16(15)18(2)13-5-7-14(20-3)8-6-13/h4-10H,1-3H3. The summed E-state index contributed by atoms with van der Waals surface area (Å²) in [5, 5.41) is 0. The average molecular weight is 334 g/mol. The number of hydrogen-bond donors (Lipinski definition) is 0. The van der Waals surface area contributed by atoms with Gasteiger partial charge in [-0.15, -0.1) is 0 Å². The molecule has 0 aliphatic rings. The van der Waals surface area contributed by atoms with Gasteiger partial charge in [-0.2, -0.15) is 0 Å². The van der Waals surface area contributed by atoms with E-state index in [0.29, 0.717) is 5.56 Å². The van der Waals surface area contributed by atoms with Gasteiger partial charge in [0.1, 0.15) is 5.75 Å². The maximum atomic E-state index is 11.8. The predicted octanol–water partition coefficient (Wildman–Crippen LogP) is 4.43. The summed E-state index contributed by atoms with van der Waals surface area (Å²) >= 11 is 3.45. The number of benzene rings is 2. The van der Waals surface area contributed by atoms with E-state index in [1.165, 1.54) is 0 Å². The van der Waals surface area contributed by atoms with Crippen LogP contribution in [-0.2, 0) is 0 Å². The first-order valence-corrected chi connectivity index (χ1v) is 7.00. The highest BCUT2D eigenvalue weighted by molar-refractivity contribution is 9.10. The summed E-state index contributed by atoms with van der Waals surface area (Å²) < 4.78 is 6.10. The zero-order chi connectivity index (χ0) is 14.7. The molecule has 0 fully saturated rings. The summed E-state index contributed by atoms with van der Waals surface area (Å²) in [6.45, 7) is 1.58. The van der Waals surface area contributed by atoms with Crippen LogP contribution in [0.4, 0.5) is 11.4 Å². The molecular weight excluding hydrogens is 318 g/mol. The summed E-state index contributed by atoms with van der Waals surface area (Å²) in [4.78, 5) is 13.7. The van der Waals surface area contributed by atoms with Crippen molar-refractivity contribution >= 4 is 33.1 Å². The topological polar surface area (TPSA) is 29.5 Å². The van der Waals surface area contributed by atoms with Crippen molar-refractivity contribution in [3.8, 4) is 5.75 Å². The lowest BCUT2D eigenvalue weighted by molar-refractivity contribution is 0.101. The van der Waals surface area contributed by atoms with Crippen LogP contribution < -0.4 is 9.64 Å². The molecule has 2 aromatic carbocycles. The number of hydrogen-bond acceptors (Lipinski definition) is 3. The summed E-state index contributed by atoms with van der Waals surface area (Å²) in [5.41, 5.74) is 2.56. The molecule has 0 amide bonds. The van der Waals surface area contributed by atoms with E-state index in [1.54, 1.807) is 14.0 Å². The van der Waals surface area contributed by atoms with E-state index in [1.807, 2.05) is 54.4 Å². The highest BCUT2D eigenvalue weighted by atomic mass is 79.9. The van der Waals surface area contributed by atoms with Gasteiger partial charge in [0.05, 0.1) is 12.8 Å². The normalized spacial score (nSPS) is 10.2. The van der Waals surface area contributed by atoms with Crippen LogP contribution in [-0.4, -0.2) is 19.9 Å². The highest BCUT2D eigenvalue weighted by Gasteiger charge is 2.13. The molecule has 20 heavy (non-hydrogen) atoms. The Morgan fingerprint density at radius 1 is 1.15 bits per heavy atom. The van der Waals surface area contributed by atoms with Crippen molar-refractivity contribution in [1.82, 2.24) is 0 Å². The van der Waals surface area contributed by atoms with Crippen molar-refractivity contribution < 1.29 is 9.53 Å². The number of halogens is 1. The van der Waals surface area contributed by atoms with Gasteiger partial charge >= 0.3 is 0 Å². The van der Waals surface area contributed by atoms with Crippen LogP contribution >= 0.6 is 15.9 Å². The third-order valence-electron chi connectivity index (χ3n) is 3.16. The predicted molar refractivity (Wildman–Crippen MR) is 85.2 cm³/mol. The molecular formula is C16H16BrNO2. The maximum absolute atomic E-state index is 11.8. The minimum atomic E-state index is 0.0489. The summed E-state index contributed by atoms with van der Waals surface area (Å²) in [5.74, 6) is 0.857. The van der Waals surface area contributed by atoms with Crippen LogP contribution in [0.2, 0.25) is 0 Å². The van der Waals surface area contributed by atoms with Gasteiger partial charge in [-0.05, 0) is 49.4 Å². The molecule has 0 heterocycles. The molecule has 0 atom stereocenters. The van der Waals surface area contributed by atoms with E-state index in [4.69, 9.17) is 4.74 Å². The Kier molecular flexibility index (Phi) is 4.45. The average Bonchev–Trinajstić information content (AvgIpc) is 2.46. The number of methoxy groups -OCH3 is 1. The number of ether oxygens (including phenoxy) is 1. The van der Waals surface area contributed by atoms with E-state index in [-0.39, 0.29) is 5.78 Å². The van der Waals surface area contributed by atoms with Gasteiger partial charge < -0.3 is 9.64 Å². The molecule has 0 spiro atoms. The summed E-state index contributed by atoms with van der Waals surface area (Å²) in [6.07, 6.45) is 0. The molecule has 3 nitrogen and oxygen atoms in total. The van der Waals surface area contributed by atoms with E-state index < -0.39 is 0 Å². The number of ketones is 1. The Labute approximate surface area is 127 Å². The zero-order valence-corrected chi connectivity index (χ0v) is 13.3. The first-order chi connectivity index (χ1) is 9.52. The molecule has 0 saturated carbocycles. The van der Waals surface area contributed by atoms with Crippen molar-refractivity contribution in [2.75, 3.05) is 19.1 Å². The lowest BCUT2D eigenvalue weighted by Crippen LogP contribution is -2.13. The molecule has 0 unspecified atom stereocenters. The Bertz CT molecular complexity index is 623. The Morgan fingerprint density at radius 3 is 2.35 bits per heavy atom. The largest absolute Gasteiger partial charge is 0.497 e. The van der Waals surface area contributed by atoms with Crippen LogP contribution in [0, 0.1) is 0 Å². The van der Waals surface area contributed by atoms with Crippen LogP contribution in [0.1, 0.15) is 17.3 Å². The van der Waals surface area contributed by atoms with Crippen molar-refractivity contribution in [1.29, 1.82) is 0 Å². The summed E-state index contributed by atoms with van der Waals surface area (Å²) in [6, 6.07) is 13.4. The van der Waals surface area contributed by atoms with Crippen LogP contribution in [0.5, 0.6) is 5.75 Å². The number of nitrogens with zero attached hydrogens (tertiary/aromatic N) is 1. The highest BCUT2D eigenvalue weighted by Crippen LogP contribution is 2.31. The van der Waals surface area contributed by atoms with Gasteiger partial charge in [-0.1, -0.05) is 15.9 Å². The lowest BCUT2D eigenvalue weighted by atomic mass is 10.1. The van der Waals surface area contributed by atoms with Crippen molar-refractivity contribution in [2.24, 2.45) is 0 Å². The van der Waals surface area contributed by atoms with Gasteiger partial charge in [-0.3, -0.25) is 4.79 Å². The molecule has 0 aliphatic carbocycles. The Balaban J connectivity index is 2.43. The van der Waals surface area contributed by atoms with Crippen LogP contribution in [0.25, 0.3) is 0 Å². The fraction of sp³-hybridized carbons (Fsp3) is 0.188. The second-order valence-electron chi connectivity index (χ2n) is 4.47. The number of anilines is 2. The smallest absolute Gasteiger partial charge is 0.161 e. The number of rotatable bonds is 4. The molecule has 0 bridgehead atoms. The zero-order valence-electron chi connectivity index (χ0n) is 11.7. The summed E-state index contributed by atoms with van der Waals surface area (Å²) in [7, 11) is 3.58. The fourth-order valence-corrected chi connectivity index (χ4v) is 2.37. The molecule has 0 radical (unpaired) electrons. The molecule has 0 aromatic heterocycles. The maximum Gasteiger partial charge on any atom is 0.161 e. The van der Waals surface area contributed by atoms with Crippen LogP contribution in [0.3, 0.4) is 0 Å². The first-order valence-electron chi connectivity index (χ1n) is 6.21. The van der Waals surface area contributed by atoms with E-state index in [0.717, 1.165) is 21.6 Å². The molecule has 0 saturated heterocycles.